The molecule has 1 nitrogen and oxygen atoms in total. The third kappa shape index (κ3) is 1.03. The number of hydrogen-bond donors (Lipinski definition) is 0. The van der Waals surface area contributed by atoms with Crippen molar-refractivity contribution in [2.75, 3.05) is 0 Å². The smallest absolute Gasteiger partial charge is 0.0869 e. The summed E-state index contributed by atoms with van der Waals surface area (Å²) < 4.78 is 4.30. The van der Waals surface area contributed by atoms with E-state index in [0.29, 0.717) is 0 Å². The van der Waals surface area contributed by atoms with Crippen molar-refractivity contribution >= 4 is 22.4 Å². The van der Waals surface area contributed by atoms with E-state index < -0.39 is 0 Å². The number of fused-ring (bicyclic) bond motifs is 1. The van der Waals surface area contributed by atoms with Crippen LogP contribution in [0.3, 0.4) is 0 Å². The summed E-state index contributed by atoms with van der Waals surface area (Å²) in [6.45, 7) is 4.22. The highest BCUT2D eigenvalue weighted by Gasteiger charge is 1.99. The highest BCUT2D eigenvalue weighted by Crippen LogP contribution is 2.20. The van der Waals surface area contributed by atoms with Crippen molar-refractivity contribution in [1.82, 2.24) is 4.37 Å². The Balaban J connectivity index is 2.91. The molecule has 2 aromatic rings. The lowest BCUT2D eigenvalue weighted by molar-refractivity contribution is 1.41. The Hall–Kier alpha value is -0.890. The molecule has 2 heteroatoms. The summed E-state index contributed by atoms with van der Waals surface area (Å²) in [6.07, 6.45) is 0. The fourth-order valence-electron chi connectivity index (χ4n) is 1.34. The molecular formula is C9H9NS. The van der Waals surface area contributed by atoms with E-state index in [1.54, 1.807) is 0 Å². The summed E-state index contributed by atoms with van der Waals surface area (Å²) in [5.41, 5.74) is 3.75. The average Bonchev–Trinajstić information content (AvgIpc) is 2.34. The molecule has 0 saturated heterocycles. The van der Waals surface area contributed by atoms with Gasteiger partial charge in [0.2, 0.25) is 0 Å². The Kier molecular flexibility index (Phi) is 1.43. The van der Waals surface area contributed by atoms with Gasteiger partial charge in [-0.1, -0.05) is 11.6 Å². The maximum Gasteiger partial charge on any atom is 0.0869 e. The molecule has 1 aromatic carbocycles. The van der Waals surface area contributed by atoms with Gasteiger partial charge in [-0.2, -0.15) is 4.37 Å². The SMILES string of the molecule is Cc1cc(C)c2nscc2c1. The molecule has 0 fully saturated rings. The van der Waals surface area contributed by atoms with Gasteiger partial charge in [0.25, 0.3) is 0 Å². The summed E-state index contributed by atoms with van der Waals surface area (Å²) in [6, 6.07) is 4.34. The largest absolute Gasteiger partial charge is 0.192 e. The van der Waals surface area contributed by atoms with Gasteiger partial charge in [-0.3, -0.25) is 0 Å². The van der Waals surface area contributed by atoms with Crippen LogP contribution >= 0.6 is 11.5 Å². The quantitative estimate of drug-likeness (QED) is 0.582. The predicted molar refractivity (Wildman–Crippen MR) is 49.1 cm³/mol. The molecule has 1 aromatic heterocycles. The third-order valence-corrected chi connectivity index (χ3v) is 2.45. The summed E-state index contributed by atoms with van der Waals surface area (Å²) >= 11 is 1.53. The van der Waals surface area contributed by atoms with Crippen molar-refractivity contribution in [3.63, 3.8) is 0 Å². The first-order chi connectivity index (χ1) is 5.27. The van der Waals surface area contributed by atoms with Crippen molar-refractivity contribution < 1.29 is 0 Å². The molecule has 56 valence electrons. The van der Waals surface area contributed by atoms with Crippen molar-refractivity contribution in [2.45, 2.75) is 13.8 Å². The molecule has 0 atom stereocenters. The molecule has 0 unspecified atom stereocenters. The monoisotopic (exact) mass is 163 g/mol. The average molecular weight is 163 g/mol. The molecule has 0 N–H and O–H groups in total. The fourth-order valence-corrected chi connectivity index (χ4v) is 2.04. The molecule has 0 aliphatic rings. The predicted octanol–water partition coefficient (Wildman–Crippen LogP) is 2.91. The van der Waals surface area contributed by atoms with Crippen molar-refractivity contribution in [3.8, 4) is 0 Å². The minimum atomic E-state index is 1.15. The molecule has 0 bridgehead atoms. The molecule has 0 aliphatic carbocycles. The Bertz CT molecular complexity index is 389. The van der Waals surface area contributed by atoms with Crippen LogP contribution in [-0.2, 0) is 0 Å². The van der Waals surface area contributed by atoms with E-state index in [-0.39, 0.29) is 0 Å². The number of benzene rings is 1. The van der Waals surface area contributed by atoms with E-state index in [1.807, 2.05) is 0 Å². The molecule has 0 saturated carbocycles. The van der Waals surface area contributed by atoms with E-state index in [9.17, 15) is 0 Å². The van der Waals surface area contributed by atoms with E-state index in [1.165, 1.54) is 28.0 Å². The summed E-state index contributed by atoms with van der Waals surface area (Å²) in [7, 11) is 0. The van der Waals surface area contributed by atoms with Crippen LogP contribution in [0.25, 0.3) is 10.9 Å². The van der Waals surface area contributed by atoms with Crippen LogP contribution in [0.2, 0.25) is 0 Å². The van der Waals surface area contributed by atoms with Gasteiger partial charge < -0.3 is 0 Å². The van der Waals surface area contributed by atoms with Crippen LogP contribution in [0.15, 0.2) is 17.5 Å². The number of aromatic nitrogens is 1. The molecule has 11 heavy (non-hydrogen) atoms. The highest BCUT2D eigenvalue weighted by atomic mass is 32.1. The maximum absolute atomic E-state index is 4.30. The maximum atomic E-state index is 4.30. The zero-order valence-electron chi connectivity index (χ0n) is 6.59. The number of nitrogens with zero attached hydrogens (tertiary/aromatic N) is 1. The molecule has 2 rings (SSSR count). The molecule has 0 spiro atoms. The number of hydrogen-bond acceptors (Lipinski definition) is 2. The molecule has 0 aliphatic heterocycles. The van der Waals surface area contributed by atoms with Gasteiger partial charge in [0.05, 0.1) is 5.52 Å². The fraction of sp³-hybridized carbons (Fsp3) is 0.222. The third-order valence-electron chi connectivity index (χ3n) is 1.80. The van der Waals surface area contributed by atoms with Crippen LogP contribution in [0.1, 0.15) is 11.1 Å². The standard InChI is InChI=1S/C9H9NS/c1-6-3-7(2)9-8(4-6)5-11-10-9/h3-5H,1-2H3. The van der Waals surface area contributed by atoms with Crippen LogP contribution in [0.5, 0.6) is 0 Å². The van der Waals surface area contributed by atoms with E-state index >= 15 is 0 Å². The molecular weight excluding hydrogens is 154 g/mol. The Morgan fingerprint density at radius 1 is 1.27 bits per heavy atom. The van der Waals surface area contributed by atoms with Gasteiger partial charge in [-0.25, -0.2) is 0 Å². The first-order valence-corrected chi connectivity index (χ1v) is 4.42. The first kappa shape index (κ1) is 6.80. The van der Waals surface area contributed by atoms with Crippen molar-refractivity contribution in [2.24, 2.45) is 0 Å². The second-order valence-corrected chi connectivity index (χ2v) is 3.46. The van der Waals surface area contributed by atoms with Gasteiger partial charge in [-0.05, 0) is 37.0 Å². The molecule has 1 heterocycles. The molecule has 0 amide bonds. The Morgan fingerprint density at radius 3 is 2.91 bits per heavy atom. The first-order valence-electron chi connectivity index (χ1n) is 3.59. The molecule has 0 radical (unpaired) electrons. The van der Waals surface area contributed by atoms with Crippen LogP contribution < -0.4 is 0 Å². The number of rotatable bonds is 0. The second kappa shape index (κ2) is 2.31. The van der Waals surface area contributed by atoms with Crippen molar-refractivity contribution in [3.05, 3.63) is 28.6 Å². The van der Waals surface area contributed by atoms with Crippen LogP contribution in [0.4, 0.5) is 0 Å². The lowest BCUT2D eigenvalue weighted by Crippen LogP contribution is -1.78. The normalized spacial score (nSPS) is 10.7. The van der Waals surface area contributed by atoms with Gasteiger partial charge in [0, 0.05) is 10.8 Å². The van der Waals surface area contributed by atoms with Gasteiger partial charge in [-0.15, -0.1) is 0 Å². The topological polar surface area (TPSA) is 12.9 Å². The lowest BCUT2D eigenvalue weighted by Gasteiger charge is -1.95. The summed E-state index contributed by atoms with van der Waals surface area (Å²) in [4.78, 5) is 0. The minimum Gasteiger partial charge on any atom is -0.192 e. The van der Waals surface area contributed by atoms with Crippen LogP contribution in [-0.4, -0.2) is 4.37 Å². The van der Waals surface area contributed by atoms with E-state index in [4.69, 9.17) is 0 Å². The zero-order chi connectivity index (χ0) is 7.84. The number of aryl methyl sites for hydroxylation is 2. The highest BCUT2D eigenvalue weighted by molar-refractivity contribution is 7.04. The zero-order valence-corrected chi connectivity index (χ0v) is 7.40. The summed E-state index contributed by atoms with van der Waals surface area (Å²) in [5.74, 6) is 0. The van der Waals surface area contributed by atoms with Crippen LogP contribution in [0, 0.1) is 13.8 Å². The minimum absolute atomic E-state index is 1.15. The van der Waals surface area contributed by atoms with E-state index in [0.717, 1.165) is 5.52 Å². The lowest BCUT2D eigenvalue weighted by atomic mass is 10.1. The van der Waals surface area contributed by atoms with Crippen molar-refractivity contribution in [1.29, 1.82) is 0 Å². The van der Waals surface area contributed by atoms with Gasteiger partial charge in [0.1, 0.15) is 0 Å². The summed E-state index contributed by atoms with van der Waals surface area (Å²) in [5, 5.41) is 3.36. The van der Waals surface area contributed by atoms with Gasteiger partial charge >= 0.3 is 0 Å². The van der Waals surface area contributed by atoms with Gasteiger partial charge in [0.15, 0.2) is 0 Å². The Morgan fingerprint density at radius 2 is 2.09 bits per heavy atom. The Labute approximate surface area is 69.8 Å². The van der Waals surface area contributed by atoms with E-state index in [2.05, 4.69) is 35.7 Å². The second-order valence-electron chi connectivity index (χ2n) is 2.83.